The zero-order chi connectivity index (χ0) is 9.86. The van der Waals surface area contributed by atoms with E-state index < -0.39 is 0 Å². The van der Waals surface area contributed by atoms with Gasteiger partial charge in [-0.05, 0) is 38.8 Å². The molecule has 0 spiro atoms. The Kier molecular flexibility index (Phi) is 3.42. The zero-order valence-corrected chi connectivity index (χ0v) is 9.00. The van der Waals surface area contributed by atoms with E-state index in [4.69, 9.17) is 10.5 Å². The molecule has 2 saturated heterocycles. The molecule has 82 valence electrons. The fourth-order valence-electron chi connectivity index (χ4n) is 2.56. The molecule has 2 fully saturated rings. The van der Waals surface area contributed by atoms with Crippen molar-refractivity contribution in [2.45, 2.75) is 37.6 Å². The van der Waals surface area contributed by atoms with Gasteiger partial charge in [0.1, 0.15) is 0 Å². The molecule has 3 heteroatoms. The minimum Gasteiger partial charge on any atom is -0.379 e. The van der Waals surface area contributed by atoms with Crippen molar-refractivity contribution in [2.75, 3.05) is 32.8 Å². The number of likely N-dealkylation sites (tertiary alicyclic amines) is 1. The Hall–Kier alpha value is -0.120. The SMILES string of the molecule is NC1(CN2CCCCC2)CCCOC1. The molecular weight excluding hydrogens is 176 g/mol. The van der Waals surface area contributed by atoms with E-state index in [2.05, 4.69) is 4.90 Å². The average Bonchev–Trinajstić information content (AvgIpc) is 2.19. The van der Waals surface area contributed by atoms with E-state index in [9.17, 15) is 0 Å². The number of hydrogen-bond donors (Lipinski definition) is 1. The quantitative estimate of drug-likeness (QED) is 0.719. The van der Waals surface area contributed by atoms with E-state index >= 15 is 0 Å². The number of nitrogens with zero attached hydrogens (tertiary/aromatic N) is 1. The number of piperidine rings is 1. The van der Waals surface area contributed by atoms with Crippen LogP contribution in [0.25, 0.3) is 0 Å². The lowest BCUT2D eigenvalue weighted by Crippen LogP contribution is -2.56. The summed E-state index contributed by atoms with van der Waals surface area (Å²) in [5, 5.41) is 0. The zero-order valence-electron chi connectivity index (χ0n) is 9.00. The summed E-state index contributed by atoms with van der Waals surface area (Å²) >= 11 is 0. The Morgan fingerprint density at radius 2 is 1.93 bits per heavy atom. The van der Waals surface area contributed by atoms with Crippen molar-refractivity contribution >= 4 is 0 Å². The Labute approximate surface area is 86.6 Å². The van der Waals surface area contributed by atoms with Crippen molar-refractivity contribution in [3.8, 4) is 0 Å². The number of nitrogens with two attached hydrogens (primary N) is 1. The molecule has 0 aliphatic carbocycles. The van der Waals surface area contributed by atoms with Gasteiger partial charge in [0.15, 0.2) is 0 Å². The summed E-state index contributed by atoms with van der Waals surface area (Å²) in [6.07, 6.45) is 6.34. The van der Waals surface area contributed by atoms with E-state index in [-0.39, 0.29) is 5.54 Å². The van der Waals surface area contributed by atoms with Gasteiger partial charge in [0.05, 0.1) is 12.1 Å². The van der Waals surface area contributed by atoms with Crippen molar-refractivity contribution < 1.29 is 4.74 Å². The largest absolute Gasteiger partial charge is 0.379 e. The lowest BCUT2D eigenvalue weighted by molar-refractivity contribution is 0.0181. The summed E-state index contributed by atoms with van der Waals surface area (Å²) in [4.78, 5) is 2.51. The van der Waals surface area contributed by atoms with Crippen LogP contribution in [0.5, 0.6) is 0 Å². The first-order valence-electron chi connectivity index (χ1n) is 5.88. The van der Waals surface area contributed by atoms with Gasteiger partial charge in [-0.15, -0.1) is 0 Å². The summed E-state index contributed by atoms with van der Waals surface area (Å²) < 4.78 is 5.47. The van der Waals surface area contributed by atoms with Crippen LogP contribution in [0.2, 0.25) is 0 Å². The van der Waals surface area contributed by atoms with Gasteiger partial charge in [0.2, 0.25) is 0 Å². The van der Waals surface area contributed by atoms with Crippen LogP contribution in [-0.2, 0) is 4.74 Å². The van der Waals surface area contributed by atoms with Crippen LogP contribution in [0.4, 0.5) is 0 Å². The second-order valence-electron chi connectivity index (χ2n) is 4.86. The van der Waals surface area contributed by atoms with Gasteiger partial charge < -0.3 is 15.4 Å². The van der Waals surface area contributed by atoms with Gasteiger partial charge in [0.25, 0.3) is 0 Å². The van der Waals surface area contributed by atoms with Crippen LogP contribution in [0.15, 0.2) is 0 Å². The van der Waals surface area contributed by atoms with Gasteiger partial charge in [-0.2, -0.15) is 0 Å². The predicted octanol–water partition coefficient (Wildman–Crippen LogP) is 0.980. The van der Waals surface area contributed by atoms with Gasteiger partial charge in [-0.3, -0.25) is 0 Å². The van der Waals surface area contributed by atoms with Crippen LogP contribution >= 0.6 is 0 Å². The monoisotopic (exact) mass is 198 g/mol. The third-order valence-corrected chi connectivity index (χ3v) is 3.34. The maximum atomic E-state index is 6.32. The maximum Gasteiger partial charge on any atom is 0.0658 e. The maximum absolute atomic E-state index is 6.32. The average molecular weight is 198 g/mol. The van der Waals surface area contributed by atoms with Crippen LogP contribution in [-0.4, -0.2) is 43.3 Å². The number of hydrogen-bond acceptors (Lipinski definition) is 3. The molecule has 2 aliphatic rings. The molecule has 3 nitrogen and oxygen atoms in total. The molecule has 1 unspecified atom stereocenters. The first kappa shape index (κ1) is 10.4. The van der Waals surface area contributed by atoms with Crippen LogP contribution in [0, 0.1) is 0 Å². The molecule has 2 heterocycles. The Morgan fingerprint density at radius 3 is 2.57 bits per heavy atom. The highest BCUT2D eigenvalue weighted by molar-refractivity contribution is 4.90. The lowest BCUT2D eigenvalue weighted by atomic mass is 9.92. The highest BCUT2D eigenvalue weighted by Gasteiger charge is 2.30. The molecule has 0 bridgehead atoms. The standard InChI is InChI=1S/C11H22N2O/c12-11(5-4-8-14-10-11)9-13-6-2-1-3-7-13/h1-10,12H2. The van der Waals surface area contributed by atoms with E-state index in [1.165, 1.54) is 32.4 Å². The van der Waals surface area contributed by atoms with Crippen molar-refractivity contribution in [1.29, 1.82) is 0 Å². The first-order chi connectivity index (χ1) is 6.79. The molecule has 0 saturated carbocycles. The Bertz CT molecular complexity index is 172. The highest BCUT2D eigenvalue weighted by atomic mass is 16.5. The predicted molar refractivity (Wildman–Crippen MR) is 57.3 cm³/mol. The summed E-state index contributed by atoms with van der Waals surface area (Å²) in [6.45, 7) is 5.16. The van der Waals surface area contributed by atoms with E-state index in [0.717, 1.165) is 32.6 Å². The second-order valence-corrected chi connectivity index (χ2v) is 4.86. The Morgan fingerprint density at radius 1 is 1.14 bits per heavy atom. The van der Waals surface area contributed by atoms with Crippen molar-refractivity contribution in [3.63, 3.8) is 0 Å². The van der Waals surface area contributed by atoms with Crippen molar-refractivity contribution in [1.82, 2.24) is 4.90 Å². The normalized spacial score (nSPS) is 35.8. The molecule has 0 radical (unpaired) electrons. The minimum absolute atomic E-state index is 0.0599. The molecule has 0 amide bonds. The summed E-state index contributed by atoms with van der Waals surface area (Å²) in [5.41, 5.74) is 6.26. The lowest BCUT2D eigenvalue weighted by Gasteiger charge is -2.39. The van der Waals surface area contributed by atoms with Gasteiger partial charge in [-0.25, -0.2) is 0 Å². The number of ether oxygens (including phenoxy) is 1. The molecular formula is C11H22N2O. The molecule has 2 rings (SSSR count). The third-order valence-electron chi connectivity index (χ3n) is 3.34. The molecule has 2 N–H and O–H groups in total. The van der Waals surface area contributed by atoms with E-state index in [1.54, 1.807) is 0 Å². The summed E-state index contributed by atoms with van der Waals surface area (Å²) in [6, 6.07) is 0. The summed E-state index contributed by atoms with van der Waals surface area (Å²) in [7, 11) is 0. The van der Waals surface area contributed by atoms with Crippen LogP contribution in [0.1, 0.15) is 32.1 Å². The fourth-order valence-corrected chi connectivity index (χ4v) is 2.56. The van der Waals surface area contributed by atoms with Crippen LogP contribution < -0.4 is 5.73 Å². The summed E-state index contributed by atoms with van der Waals surface area (Å²) in [5.74, 6) is 0. The van der Waals surface area contributed by atoms with Gasteiger partial charge in [-0.1, -0.05) is 6.42 Å². The highest BCUT2D eigenvalue weighted by Crippen LogP contribution is 2.19. The Balaban J connectivity index is 1.81. The number of rotatable bonds is 2. The third kappa shape index (κ3) is 2.69. The minimum atomic E-state index is -0.0599. The smallest absolute Gasteiger partial charge is 0.0658 e. The molecule has 1 atom stereocenters. The molecule has 14 heavy (non-hydrogen) atoms. The molecule has 0 aromatic rings. The topological polar surface area (TPSA) is 38.5 Å². The van der Waals surface area contributed by atoms with Gasteiger partial charge >= 0.3 is 0 Å². The molecule has 0 aromatic heterocycles. The van der Waals surface area contributed by atoms with Crippen molar-refractivity contribution in [3.05, 3.63) is 0 Å². The second kappa shape index (κ2) is 4.60. The first-order valence-corrected chi connectivity index (χ1v) is 5.88. The molecule has 2 aliphatic heterocycles. The van der Waals surface area contributed by atoms with E-state index in [1.807, 2.05) is 0 Å². The fraction of sp³-hybridized carbons (Fsp3) is 1.00. The van der Waals surface area contributed by atoms with Crippen LogP contribution in [0.3, 0.4) is 0 Å². The van der Waals surface area contributed by atoms with E-state index in [0.29, 0.717) is 0 Å². The van der Waals surface area contributed by atoms with Crippen molar-refractivity contribution in [2.24, 2.45) is 5.73 Å². The van der Waals surface area contributed by atoms with Gasteiger partial charge in [0, 0.05) is 13.2 Å². The molecule has 0 aromatic carbocycles.